The van der Waals surface area contributed by atoms with E-state index in [1.165, 1.54) is 6.92 Å². The molecule has 0 spiro atoms. The summed E-state index contributed by atoms with van der Waals surface area (Å²) >= 11 is 0. The summed E-state index contributed by atoms with van der Waals surface area (Å²) in [6, 6.07) is 7.73. The summed E-state index contributed by atoms with van der Waals surface area (Å²) in [5.74, 6) is -0.384. The molecule has 2 amide bonds. The van der Waals surface area contributed by atoms with Crippen LogP contribution in [-0.2, 0) is 20.7 Å². The topological polar surface area (TPSA) is 99.1 Å². The lowest BCUT2D eigenvalue weighted by Gasteiger charge is -2.21. The van der Waals surface area contributed by atoms with Crippen LogP contribution in [-0.4, -0.2) is 59.5 Å². The number of ether oxygens (including phenoxy) is 1. The van der Waals surface area contributed by atoms with Crippen LogP contribution in [0.15, 0.2) is 24.3 Å². The molecule has 3 N–H and O–H groups in total. The van der Waals surface area contributed by atoms with Crippen molar-refractivity contribution in [1.29, 1.82) is 0 Å². The average molecular weight is 334 g/mol. The van der Waals surface area contributed by atoms with Gasteiger partial charge < -0.3 is 25.2 Å². The monoisotopic (exact) mass is 334 g/mol. The number of nitrogens with one attached hydrogen (secondary N) is 1. The Bertz CT molecular complexity index is 635. The number of nitrogens with zero attached hydrogens (tertiary/aromatic N) is 1. The minimum absolute atomic E-state index is 0.0108. The van der Waals surface area contributed by atoms with Gasteiger partial charge in [-0.2, -0.15) is 0 Å². The van der Waals surface area contributed by atoms with Gasteiger partial charge in [-0.25, -0.2) is 0 Å². The number of para-hydroxylation sites is 1. The van der Waals surface area contributed by atoms with Crippen LogP contribution in [0.1, 0.15) is 18.9 Å². The van der Waals surface area contributed by atoms with Crippen molar-refractivity contribution in [3.8, 4) is 0 Å². The second-order valence-corrected chi connectivity index (χ2v) is 6.26. The van der Waals surface area contributed by atoms with Crippen molar-refractivity contribution >= 4 is 17.5 Å². The lowest BCUT2D eigenvalue weighted by atomic mass is 10.0. The highest BCUT2D eigenvalue weighted by atomic mass is 16.5. The molecule has 2 heterocycles. The third-order valence-electron chi connectivity index (χ3n) is 4.58. The van der Waals surface area contributed by atoms with Crippen molar-refractivity contribution < 1.29 is 24.5 Å². The molecule has 130 valence electrons. The number of benzene rings is 1. The SMILES string of the molecule is CC(=O)NC[C@H]1O[C@@H](CC(=O)N2CCc3ccccc32)[C@H](O)[C@@H]1O. The van der Waals surface area contributed by atoms with Gasteiger partial charge in [0, 0.05) is 25.7 Å². The molecule has 24 heavy (non-hydrogen) atoms. The predicted molar refractivity (Wildman–Crippen MR) is 86.5 cm³/mol. The molecule has 1 fully saturated rings. The minimum Gasteiger partial charge on any atom is -0.388 e. The van der Waals surface area contributed by atoms with E-state index < -0.39 is 24.4 Å². The number of anilines is 1. The number of aliphatic hydroxyl groups excluding tert-OH is 2. The summed E-state index contributed by atoms with van der Waals surface area (Å²) in [5.41, 5.74) is 2.02. The van der Waals surface area contributed by atoms with Crippen LogP contribution in [0.3, 0.4) is 0 Å². The first-order valence-corrected chi connectivity index (χ1v) is 8.11. The molecule has 0 unspecified atom stereocenters. The number of hydrogen-bond donors (Lipinski definition) is 3. The quantitative estimate of drug-likeness (QED) is 0.695. The first kappa shape index (κ1) is 16.9. The van der Waals surface area contributed by atoms with Crippen LogP contribution >= 0.6 is 0 Å². The zero-order valence-electron chi connectivity index (χ0n) is 13.5. The van der Waals surface area contributed by atoms with Crippen molar-refractivity contribution in [3.05, 3.63) is 29.8 Å². The van der Waals surface area contributed by atoms with E-state index >= 15 is 0 Å². The summed E-state index contributed by atoms with van der Waals surface area (Å²) < 4.78 is 5.59. The molecule has 3 rings (SSSR count). The molecule has 2 aliphatic rings. The van der Waals surface area contributed by atoms with Crippen molar-refractivity contribution in [3.63, 3.8) is 0 Å². The van der Waals surface area contributed by atoms with E-state index in [0.29, 0.717) is 6.54 Å². The van der Waals surface area contributed by atoms with Gasteiger partial charge in [-0.3, -0.25) is 9.59 Å². The fourth-order valence-electron chi connectivity index (χ4n) is 3.29. The zero-order valence-corrected chi connectivity index (χ0v) is 13.5. The highest BCUT2D eigenvalue weighted by Gasteiger charge is 2.44. The van der Waals surface area contributed by atoms with Gasteiger partial charge in [-0.05, 0) is 18.1 Å². The third-order valence-corrected chi connectivity index (χ3v) is 4.58. The Morgan fingerprint density at radius 2 is 1.96 bits per heavy atom. The van der Waals surface area contributed by atoms with E-state index in [1.54, 1.807) is 4.90 Å². The maximum Gasteiger partial charge on any atom is 0.229 e. The number of aliphatic hydroxyl groups is 2. The van der Waals surface area contributed by atoms with Gasteiger partial charge in [0.05, 0.1) is 12.5 Å². The number of rotatable bonds is 4. The van der Waals surface area contributed by atoms with Gasteiger partial charge in [0.2, 0.25) is 11.8 Å². The van der Waals surface area contributed by atoms with Crippen LogP contribution in [0.2, 0.25) is 0 Å². The average Bonchev–Trinajstić information content (AvgIpc) is 3.10. The van der Waals surface area contributed by atoms with E-state index in [9.17, 15) is 19.8 Å². The van der Waals surface area contributed by atoms with E-state index in [-0.39, 0.29) is 24.8 Å². The van der Waals surface area contributed by atoms with Gasteiger partial charge in [-0.1, -0.05) is 18.2 Å². The Kier molecular flexibility index (Phi) is 4.84. The molecule has 0 aromatic heterocycles. The van der Waals surface area contributed by atoms with Gasteiger partial charge in [0.15, 0.2) is 0 Å². The molecule has 2 aliphatic heterocycles. The van der Waals surface area contributed by atoms with Gasteiger partial charge >= 0.3 is 0 Å². The first-order chi connectivity index (χ1) is 11.5. The van der Waals surface area contributed by atoms with Gasteiger partial charge in [-0.15, -0.1) is 0 Å². The molecule has 0 aliphatic carbocycles. The Balaban J connectivity index is 1.62. The molecule has 0 saturated carbocycles. The van der Waals surface area contributed by atoms with Crippen LogP contribution in [0, 0.1) is 0 Å². The van der Waals surface area contributed by atoms with E-state index in [1.807, 2.05) is 24.3 Å². The molecule has 0 radical (unpaired) electrons. The summed E-state index contributed by atoms with van der Waals surface area (Å²) in [6.45, 7) is 2.08. The van der Waals surface area contributed by atoms with Crippen LogP contribution in [0.5, 0.6) is 0 Å². The number of amides is 2. The molecule has 1 aromatic carbocycles. The van der Waals surface area contributed by atoms with E-state index in [0.717, 1.165) is 17.7 Å². The summed E-state index contributed by atoms with van der Waals surface area (Å²) in [6.07, 6.45) is -2.97. The Hall–Kier alpha value is -1.96. The number of hydrogen-bond acceptors (Lipinski definition) is 5. The van der Waals surface area contributed by atoms with Crippen molar-refractivity contribution in [2.45, 2.75) is 44.2 Å². The fraction of sp³-hybridized carbons (Fsp3) is 0.529. The zero-order chi connectivity index (χ0) is 17.3. The van der Waals surface area contributed by atoms with Crippen molar-refractivity contribution in [1.82, 2.24) is 5.32 Å². The highest BCUT2D eigenvalue weighted by Crippen LogP contribution is 2.30. The Morgan fingerprint density at radius 3 is 2.71 bits per heavy atom. The molecular weight excluding hydrogens is 312 g/mol. The third kappa shape index (κ3) is 3.28. The van der Waals surface area contributed by atoms with Crippen molar-refractivity contribution in [2.75, 3.05) is 18.0 Å². The minimum atomic E-state index is -1.15. The first-order valence-electron chi connectivity index (χ1n) is 8.11. The molecular formula is C17H22N2O5. The van der Waals surface area contributed by atoms with Gasteiger partial charge in [0.1, 0.15) is 18.3 Å². The standard InChI is InChI=1S/C17H22N2O5/c1-10(20)18-9-14-17(23)16(22)13(24-14)8-15(21)19-7-6-11-4-2-3-5-12(11)19/h2-5,13-14,16-17,22-23H,6-9H2,1H3,(H,18,20)/t13-,14+,16-,17+/m0/s1. The maximum absolute atomic E-state index is 12.6. The summed E-state index contributed by atoms with van der Waals surface area (Å²) in [5, 5.41) is 22.7. The van der Waals surface area contributed by atoms with Crippen LogP contribution in [0.25, 0.3) is 0 Å². The second kappa shape index (κ2) is 6.88. The van der Waals surface area contributed by atoms with Crippen LogP contribution in [0.4, 0.5) is 5.69 Å². The van der Waals surface area contributed by atoms with E-state index in [2.05, 4.69) is 5.32 Å². The van der Waals surface area contributed by atoms with Crippen molar-refractivity contribution in [2.24, 2.45) is 0 Å². The summed E-state index contributed by atoms with van der Waals surface area (Å²) in [7, 11) is 0. The van der Waals surface area contributed by atoms with E-state index in [4.69, 9.17) is 4.74 Å². The predicted octanol–water partition coefficient (Wildman–Crippen LogP) is -0.409. The lowest BCUT2D eigenvalue weighted by Crippen LogP contribution is -2.39. The normalized spacial score (nSPS) is 28.7. The molecule has 1 saturated heterocycles. The second-order valence-electron chi connectivity index (χ2n) is 6.26. The molecule has 0 bridgehead atoms. The molecule has 7 nitrogen and oxygen atoms in total. The summed E-state index contributed by atoms with van der Waals surface area (Å²) in [4.78, 5) is 25.2. The molecule has 7 heteroatoms. The smallest absolute Gasteiger partial charge is 0.229 e. The fourth-order valence-corrected chi connectivity index (χ4v) is 3.29. The number of carbonyl (C=O) groups is 2. The Labute approximate surface area is 140 Å². The maximum atomic E-state index is 12.6. The number of carbonyl (C=O) groups excluding carboxylic acids is 2. The van der Waals surface area contributed by atoms with Crippen LogP contribution < -0.4 is 10.2 Å². The van der Waals surface area contributed by atoms with Gasteiger partial charge in [0.25, 0.3) is 0 Å². The number of fused-ring (bicyclic) bond motifs is 1. The molecule has 1 aromatic rings. The lowest BCUT2D eigenvalue weighted by molar-refractivity contribution is -0.123. The Morgan fingerprint density at radius 1 is 1.25 bits per heavy atom. The largest absolute Gasteiger partial charge is 0.388 e. The highest BCUT2D eigenvalue weighted by molar-refractivity contribution is 5.95. The molecule has 4 atom stereocenters.